The van der Waals surface area contributed by atoms with Crippen LogP contribution in [0.4, 0.5) is 34.1 Å². The van der Waals surface area contributed by atoms with Crippen LogP contribution in [0.3, 0.4) is 0 Å². The molecule has 2 aromatic carbocycles. The summed E-state index contributed by atoms with van der Waals surface area (Å²) in [6.45, 7) is 0. The van der Waals surface area contributed by atoms with E-state index in [9.17, 15) is 60.5 Å². The molecule has 33 heavy (non-hydrogen) atoms. The molecule has 0 saturated carbocycles. The fraction of sp³-hybridized carbons (Fsp3) is 0. The SMILES string of the molecule is O=[N+]([O-])c1cc([N+](=O)[O-])c(O)c([N+](=O)[O][Pb][O][N+](=O)c2cc([N+](=O)[O-])c(O)c([N+](=O)[O-])c2)c1. The minimum atomic E-state index is -3.31. The first-order valence-corrected chi connectivity index (χ1v) is 10.9. The molecule has 20 nitrogen and oxygen atoms in total. The molecule has 0 heterocycles. The van der Waals surface area contributed by atoms with Gasteiger partial charge in [-0.3, -0.25) is 0 Å². The number of aromatic hydroxyl groups is 2. The average molecular weight is 665 g/mol. The summed E-state index contributed by atoms with van der Waals surface area (Å²) in [5, 5.41) is 62.9. The molecule has 0 unspecified atom stereocenters. The Morgan fingerprint density at radius 2 is 0.939 bits per heavy atom. The van der Waals surface area contributed by atoms with Crippen molar-refractivity contribution in [3.63, 3.8) is 0 Å². The van der Waals surface area contributed by atoms with E-state index in [1.807, 2.05) is 0 Å². The van der Waals surface area contributed by atoms with Crippen LogP contribution in [-0.2, 0) is 5.58 Å². The molecule has 0 aromatic heterocycles. The van der Waals surface area contributed by atoms with Crippen LogP contribution in [0.2, 0.25) is 0 Å². The zero-order valence-electron chi connectivity index (χ0n) is 15.3. The quantitative estimate of drug-likeness (QED) is 0.207. The van der Waals surface area contributed by atoms with Crippen molar-refractivity contribution >= 4 is 59.3 Å². The van der Waals surface area contributed by atoms with Gasteiger partial charge in [-0.15, -0.1) is 0 Å². The summed E-state index contributed by atoms with van der Waals surface area (Å²) in [6.07, 6.45) is 0. The Morgan fingerprint density at radius 3 is 1.36 bits per heavy atom. The predicted octanol–water partition coefficient (Wildman–Crippen LogP) is 1.65. The monoisotopic (exact) mass is 666 g/mol. The van der Waals surface area contributed by atoms with Crippen LogP contribution in [-0.4, -0.2) is 64.9 Å². The molecule has 0 bridgehead atoms. The maximum absolute atomic E-state index is 12.0. The summed E-state index contributed by atoms with van der Waals surface area (Å²) in [6, 6.07) is 1.70. The Balaban J connectivity index is 2.23. The van der Waals surface area contributed by atoms with Crippen molar-refractivity contribution in [3.05, 3.63) is 74.5 Å². The third-order valence-electron chi connectivity index (χ3n) is 3.56. The van der Waals surface area contributed by atoms with Crippen LogP contribution in [0.1, 0.15) is 0 Å². The molecule has 2 N–H and O–H groups in total. The number of nitrogens with zero attached hydrogens (tertiary/aromatic N) is 6. The fourth-order valence-corrected chi connectivity index (χ4v) is 3.58. The first-order chi connectivity index (χ1) is 15.3. The van der Waals surface area contributed by atoms with E-state index >= 15 is 0 Å². The van der Waals surface area contributed by atoms with Gasteiger partial charge in [0.2, 0.25) is 0 Å². The molecule has 2 radical (unpaired) electrons. The Bertz CT molecular complexity index is 1200. The number of phenols is 2. The molecular formula is C12H6N6O14Pb+2. The van der Waals surface area contributed by atoms with Gasteiger partial charge in [0.05, 0.1) is 0 Å². The van der Waals surface area contributed by atoms with E-state index in [4.69, 9.17) is 0 Å². The maximum atomic E-state index is 12.0. The second-order valence-corrected chi connectivity index (χ2v) is 7.54. The number of non-ortho nitro benzene ring substituents is 1. The van der Waals surface area contributed by atoms with Gasteiger partial charge in [0.15, 0.2) is 0 Å². The van der Waals surface area contributed by atoms with Crippen molar-refractivity contribution in [3.8, 4) is 11.5 Å². The second kappa shape index (κ2) is 9.66. The number of nitro groups is 4. The van der Waals surface area contributed by atoms with Gasteiger partial charge in [-0.2, -0.15) is 0 Å². The Morgan fingerprint density at radius 1 is 0.576 bits per heavy atom. The van der Waals surface area contributed by atoms with E-state index in [1.54, 1.807) is 0 Å². The number of nitro benzene ring substituents is 4. The van der Waals surface area contributed by atoms with E-state index in [-0.39, 0.29) is 0 Å². The van der Waals surface area contributed by atoms with Crippen LogP contribution < -0.4 is 0 Å². The summed E-state index contributed by atoms with van der Waals surface area (Å²) in [4.78, 5) is 61.7. The molecule has 0 fully saturated rings. The molecule has 0 amide bonds. The van der Waals surface area contributed by atoms with Crippen LogP contribution in [0.5, 0.6) is 11.5 Å². The summed E-state index contributed by atoms with van der Waals surface area (Å²) >= 11 is -3.31. The van der Waals surface area contributed by atoms with E-state index < -0.39 is 100 Å². The van der Waals surface area contributed by atoms with Crippen molar-refractivity contribution in [1.29, 1.82) is 0 Å². The molecule has 2 aromatic rings. The summed E-state index contributed by atoms with van der Waals surface area (Å²) in [7, 11) is 0. The van der Waals surface area contributed by atoms with Crippen LogP contribution in [0.25, 0.3) is 0 Å². The van der Waals surface area contributed by atoms with Crippen LogP contribution in [0.15, 0.2) is 24.3 Å². The average Bonchev–Trinajstić information content (AvgIpc) is 2.72. The van der Waals surface area contributed by atoms with Gasteiger partial charge in [-0.1, -0.05) is 0 Å². The topological polar surface area (TPSA) is 272 Å². The van der Waals surface area contributed by atoms with Crippen molar-refractivity contribution in [2.45, 2.75) is 0 Å². The van der Waals surface area contributed by atoms with E-state index in [0.717, 1.165) is 0 Å². The van der Waals surface area contributed by atoms with Gasteiger partial charge in [0, 0.05) is 0 Å². The van der Waals surface area contributed by atoms with Crippen molar-refractivity contribution < 1.29 is 45.3 Å². The second-order valence-electron chi connectivity index (χ2n) is 5.47. The molecule has 0 saturated heterocycles. The van der Waals surface area contributed by atoms with E-state index in [0.29, 0.717) is 24.3 Å². The van der Waals surface area contributed by atoms with Crippen molar-refractivity contribution in [2.24, 2.45) is 0 Å². The number of hydrogen-bond donors (Lipinski definition) is 2. The molecule has 2 rings (SSSR count). The molecule has 170 valence electrons. The summed E-state index contributed by atoms with van der Waals surface area (Å²) in [5.74, 6) is -2.61. The van der Waals surface area contributed by atoms with Crippen LogP contribution in [0, 0.1) is 50.3 Å². The number of rotatable bonds is 10. The van der Waals surface area contributed by atoms with Gasteiger partial charge in [-0.25, -0.2) is 0 Å². The molecular weight excluding hydrogens is 659 g/mol. The molecule has 0 atom stereocenters. The van der Waals surface area contributed by atoms with E-state index in [2.05, 4.69) is 5.58 Å². The summed E-state index contributed by atoms with van der Waals surface area (Å²) in [5.41, 5.74) is -6.40. The Kier molecular flexibility index (Phi) is 7.21. The molecule has 0 aliphatic rings. The Labute approximate surface area is 190 Å². The van der Waals surface area contributed by atoms with Gasteiger partial charge >= 0.3 is 191 Å². The van der Waals surface area contributed by atoms with Crippen molar-refractivity contribution in [2.75, 3.05) is 0 Å². The number of hydrogen-bond acceptors (Lipinski definition) is 14. The van der Waals surface area contributed by atoms with Gasteiger partial charge in [-0.05, 0) is 0 Å². The molecule has 0 spiro atoms. The minimum absolute atomic E-state index is 0.384. The first kappa shape index (κ1) is 24.6. The third kappa shape index (κ3) is 5.35. The zero-order valence-corrected chi connectivity index (χ0v) is 19.2. The first-order valence-electron chi connectivity index (χ1n) is 7.70. The van der Waals surface area contributed by atoms with Crippen molar-refractivity contribution in [1.82, 2.24) is 0 Å². The van der Waals surface area contributed by atoms with Gasteiger partial charge in [0.1, 0.15) is 0 Å². The number of phenolic OH excluding ortho intramolecular Hbond substituents is 2. The number of benzene rings is 2. The molecule has 21 heteroatoms. The molecule has 0 aliphatic carbocycles. The Hall–Kier alpha value is -4.64. The normalized spacial score (nSPS) is 10.2. The predicted molar refractivity (Wildman–Crippen MR) is 97.3 cm³/mol. The van der Waals surface area contributed by atoms with Gasteiger partial charge in [0.25, 0.3) is 0 Å². The third-order valence-corrected chi connectivity index (χ3v) is 5.43. The zero-order chi connectivity index (χ0) is 25.0. The van der Waals surface area contributed by atoms with E-state index in [1.165, 1.54) is 0 Å². The summed E-state index contributed by atoms with van der Waals surface area (Å²) < 4.78 is 9.09. The fourth-order valence-electron chi connectivity index (χ4n) is 2.13. The molecule has 0 aliphatic heterocycles. The van der Waals surface area contributed by atoms with Crippen LogP contribution >= 0.6 is 0 Å². The standard InChI is InChI=1S/2C6H3N3O7.Pb/c2*10-6-4(8(13)14)1-3(7(11)12)2-5(6)9(15)16;/h2*1-2,10H;/q;;+2. The van der Waals surface area contributed by atoms with Gasteiger partial charge < -0.3 is 0 Å².